The molecule has 2 aliphatic carbocycles. The van der Waals surface area contributed by atoms with E-state index in [1.807, 2.05) is 30.3 Å². The number of likely N-dealkylation sites (tertiary alicyclic amines) is 1. The number of benzene rings is 1. The molecule has 1 aromatic rings. The van der Waals surface area contributed by atoms with Gasteiger partial charge >= 0.3 is 5.97 Å². The number of nitrogens with two attached hydrogens (primary N) is 1. The van der Waals surface area contributed by atoms with E-state index >= 15 is 0 Å². The highest BCUT2D eigenvalue weighted by atomic mass is 16.5. The van der Waals surface area contributed by atoms with E-state index in [1.165, 1.54) is 44.9 Å². The van der Waals surface area contributed by atoms with Crippen LogP contribution in [0, 0.1) is 16.7 Å². The number of carbonyl (C=O) groups excluding carboxylic acids is 1. The van der Waals surface area contributed by atoms with Crippen LogP contribution in [0.3, 0.4) is 0 Å². The van der Waals surface area contributed by atoms with Gasteiger partial charge in [0.25, 0.3) is 0 Å². The topological polar surface area (TPSA) is 55.6 Å². The number of hydrogen-bond donors (Lipinski definition) is 1. The fourth-order valence-corrected chi connectivity index (χ4v) is 5.94. The Morgan fingerprint density at radius 2 is 1.81 bits per heavy atom. The van der Waals surface area contributed by atoms with Crippen molar-refractivity contribution < 1.29 is 9.53 Å². The molecule has 1 saturated heterocycles. The van der Waals surface area contributed by atoms with Gasteiger partial charge in [-0.2, -0.15) is 0 Å². The number of esters is 1. The smallest absolute Gasteiger partial charge is 0.320 e. The lowest BCUT2D eigenvalue weighted by atomic mass is 9.40. The van der Waals surface area contributed by atoms with E-state index in [4.69, 9.17) is 10.5 Å². The molecule has 1 aromatic carbocycles. The van der Waals surface area contributed by atoms with Crippen molar-refractivity contribution in [2.75, 3.05) is 26.2 Å². The van der Waals surface area contributed by atoms with E-state index in [-0.39, 0.29) is 5.97 Å². The van der Waals surface area contributed by atoms with Gasteiger partial charge in [0.2, 0.25) is 0 Å². The van der Waals surface area contributed by atoms with Gasteiger partial charge in [-0.05, 0) is 86.9 Å². The molecular formula is C22H32N2O2. The van der Waals surface area contributed by atoms with Gasteiger partial charge in [-0.25, -0.2) is 0 Å². The molecule has 0 atom stereocenters. The highest BCUT2D eigenvalue weighted by Crippen LogP contribution is 2.69. The molecule has 0 bridgehead atoms. The largest absolute Gasteiger partial charge is 0.460 e. The van der Waals surface area contributed by atoms with Crippen molar-refractivity contribution in [2.45, 2.75) is 51.6 Å². The average molecular weight is 357 g/mol. The second-order valence-corrected chi connectivity index (χ2v) is 9.13. The highest BCUT2D eigenvalue weighted by Gasteiger charge is 2.59. The SMILES string of the molecule is NCCC1CC2(C1)CC1(CCN(CC(=O)OCc3ccccc3)CC1)C2. The summed E-state index contributed by atoms with van der Waals surface area (Å²) < 4.78 is 5.43. The molecule has 4 nitrogen and oxygen atoms in total. The third kappa shape index (κ3) is 3.81. The van der Waals surface area contributed by atoms with E-state index in [9.17, 15) is 4.79 Å². The fraction of sp³-hybridized carbons (Fsp3) is 0.682. The Kier molecular flexibility index (Phi) is 5.07. The van der Waals surface area contributed by atoms with Crippen molar-refractivity contribution in [1.29, 1.82) is 0 Å². The van der Waals surface area contributed by atoms with E-state index in [0.717, 1.165) is 31.1 Å². The van der Waals surface area contributed by atoms with Gasteiger partial charge in [0.1, 0.15) is 6.61 Å². The van der Waals surface area contributed by atoms with Crippen LogP contribution >= 0.6 is 0 Å². The first-order valence-electron chi connectivity index (χ1n) is 10.2. The summed E-state index contributed by atoms with van der Waals surface area (Å²) in [7, 11) is 0. The zero-order chi connectivity index (χ0) is 18.0. The molecule has 142 valence electrons. The summed E-state index contributed by atoms with van der Waals surface area (Å²) in [6.45, 7) is 3.75. The first-order chi connectivity index (χ1) is 12.6. The van der Waals surface area contributed by atoms with Crippen LogP contribution in [0.25, 0.3) is 0 Å². The minimum Gasteiger partial charge on any atom is -0.460 e. The lowest BCUT2D eigenvalue weighted by Crippen LogP contribution is -2.57. The molecule has 1 aliphatic heterocycles. The first kappa shape index (κ1) is 18.0. The van der Waals surface area contributed by atoms with Crippen LogP contribution < -0.4 is 5.73 Å². The van der Waals surface area contributed by atoms with Crippen LogP contribution in [-0.2, 0) is 16.1 Å². The first-order valence-corrected chi connectivity index (χ1v) is 10.2. The van der Waals surface area contributed by atoms with Crippen LogP contribution in [0.5, 0.6) is 0 Å². The van der Waals surface area contributed by atoms with Gasteiger partial charge in [0, 0.05) is 0 Å². The number of ether oxygens (including phenoxy) is 1. The third-order valence-electron chi connectivity index (χ3n) is 7.03. The number of piperidine rings is 1. The molecule has 2 saturated carbocycles. The second-order valence-electron chi connectivity index (χ2n) is 9.13. The van der Waals surface area contributed by atoms with Crippen LogP contribution in [-0.4, -0.2) is 37.0 Å². The lowest BCUT2D eigenvalue weighted by Gasteiger charge is -2.65. The third-order valence-corrected chi connectivity index (χ3v) is 7.03. The van der Waals surface area contributed by atoms with Crippen molar-refractivity contribution in [1.82, 2.24) is 4.90 Å². The number of nitrogens with zero attached hydrogens (tertiary/aromatic N) is 1. The van der Waals surface area contributed by atoms with E-state index in [1.54, 1.807) is 0 Å². The number of rotatable bonds is 6. The van der Waals surface area contributed by atoms with Crippen LogP contribution in [0.4, 0.5) is 0 Å². The minimum absolute atomic E-state index is 0.0986. The zero-order valence-corrected chi connectivity index (χ0v) is 15.8. The van der Waals surface area contributed by atoms with Gasteiger partial charge in [0.15, 0.2) is 0 Å². The molecule has 3 fully saturated rings. The molecule has 26 heavy (non-hydrogen) atoms. The monoisotopic (exact) mass is 356 g/mol. The predicted molar refractivity (Wildman–Crippen MR) is 102 cm³/mol. The maximum Gasteiger partial charge on any atom is 0.320 e. The standard InChI is InChI=1S/C22H32N2O2/c23-9-6-19-12-22(13-19)16-21(17-22)7-10-24(11-8-21)14-20(25)26-15-18-4-2-1-3-5-18/h1-5,19H,6-17,23H2. The van der Waals surface area contributed by atoms with Crippen molar-refractivity contribution >= 4 is 5.97 Å². The molecule has 0 unspecified atom stereocenters. The Bertz CT molecular complexity index is 606. The summed E-state index contributed by atoms with van der Waals surface area (Å²) in [4.78, 5) is 14.4. The lowest BCUT2D eigenvalue weighted by molar-refractivity contribution is -0.157. The summed E-state index contributed by atoms with van der Waals surface area (Å²) in [5.41, 5.74) is 8.00. The minimum atomic E-state index is -0.0986. The number of carbonyl (C=O) groups is 1. The molecule has 0 radical (unpaired) electrons. The summed E-state index contributed by atoms with van der Waals surface area (Å²) >= 11 is 0. The van der Waals surface area contributed by atoms with E-state index in [0.29, 0.717) is 24.0 Å². The Hall–Kier alpha value is -1.39. The molecule has 4 rings (SSSR count). The maximum absolute atomic E-state index is 12.1. The van der Waals surface area contributed by atoms with Crippen molar-refractivity contribution in [3.8, 4) is 0 Å². The summed E-state index contributed by atoms with van der Waals surface area (Å²) in [6, 6.07) is 9.89. The van der Waals surface area contributed by atoms with Gasteiger partial charge in [-0.15, -0.1) is 0 Å². The molecule has 1 heterocycles. The van der Waals surface area contributed by atoms with Gasteiger partial charge in [-0.3, -0.25) is 9.69 Å². The quantitative estimate of drug-likeness (QED) is 0.794. The average Bonchev–Trinajstić information content (AvgIpc) is 2.60. The van der Waals surface area contributed by atoms with Crippen molar-refractivity contribution in [3.05, 3.63) is 35.9 Å². The Morgan fingerprint density at radius 3 is 2.46 bits per heavy atom. The van der Waals surface area contributed by atoms with E-state index < -0.39 is 0 Å². The normalized spacial score (nSPS) is 24.2. The van der Waals surface area contributed by atoms with Gasteiger partial charge < -0.3 is 10.5 Å². The molecule has 0 aromatic heterocycles. The predicted octanol–water partition coefficient (Wildman–Crippen LogP) is 3.35. The summed E-state index contributed by atoms with van der Waals surface area (Å²) in [5.74, 6) is 0.801. The van der Waals surface area contributed by atoms with Crippen LogP contribution in [0.1, 0.15) is 50.5 Å². The van der Waals surface area contributed by atoms with Crippen LogP contribution in [0.15, 0.2) is 30.3 Å². The summed E-state index contributed by atoms with van der Waals surface area (Å²) in [5, 5.41) is 0. The Labute approximate surface area is 157 Å². The molecule has 2 spiro atoms. The molecule has 4 heteroatoms. The summed E-state index contributed by atoms with van der Waals surface area (Å²) in [6.07, 6.45) is 9.40. The highest BCUT2D eigenvalue weighted by molar-refractivity contribution is 5.71. The fourth-order valence-electron chi connectivity index (χ4n) is 5.94. The molecule has 2 N–H and O–H groups in total. The second kappa shape index (κ2) is 7.32. The Balaban J connectivity index is 1.15. The zero-order valence-electron chi connectivity index (χ0n) is 15.8. The molecular weight excluding hydrogens is 324 g/mol. The van der Waals surface area contributed by atoms with Gasteiger partial charge in [0.05, 0.1) is 6.54 Å². The van der Waals surface area contributed by atoms with Gasteiger partial charge in [-0.1, -0.05) is 30.3 Å². The number of hydrogen-bond acceptors (Lipinski definition) is 4. The van der Waals surface area contributed by atoms with Crippen molar-refractivity contribution in [2.24, 2.45) is 22.5 Å². The molecule has 3 aliphatic rings. The Morgan fingerprint density at radius 1 is 1.12 bits per heavy atom. The van der Waals surface area contributed by atoms with Crippen molar-refractivity contribution in [3.63, 3.8) is 0 Å². The van der Waals surface area contributed by atoms with Crippen LogP contribution in [0.2, 0.25) is 0 Å². The maximum atomic E-state index is 12.1. The van der Waals surface area contributed by atoms with E-state index in [2.05, 4.69) is 4.90 Å². The molecule has 0 amide bonds.